The molecule has 0 unspecified atom stereocenters. The van der Waals surface area contributed by atoms with Gasteiger partial charge in [0.05, 0.1) is 5.56 Å². The Balaban J connectivity index is 1.49. The molecule has 0 atom stereocenters. The predicted molar refractivity (Wildman–Crippen MR) is 122 cm³/mol. The van der Waals surface area contributed by atoms with E-state index in [1.54, 1.807) is 19.2 Å². The standard InChI is InChI=1S/C24H23N5O3/c1-17-8-10-18(11-9-17)14-25-23(31)19-12-13-21-26-29(24(32)28(21)15-19)16-22(30)27(2)20-6-4-3-5-7-20/h3-13,15H,14,16H2,1-2H3,(H,25,31). The molecule has 2 amide bonds. The molecule has 0 radical (unpaired) electrons. The van der Waals surface area contributed by atoms with Gasteiger partial charge in [-0.25, -0.2) is 13.9 Å². The van der Waals surface area contributed by atoms with Gasteiger partial charge in [0.1, 0.15) is 6.54 Å². The molecule has 8 nitrogen and oxygen atoms in total. The van der Waals surface area contributed by atoms with E-state index in [1.807, 2.05) is 61.5 Å². The molecule has 162 valence electrons. The van der Waals surface area contributed by atoms with Crippen molar-refractivity contribution in [3.8, 4) is 0 Å². The van der Waals surface area contributed by atoms with E-state index in [0.29, 0.717) is 17.8 Å². The number of benzene rings is 2. The largest absolute Gasteiger partial charge is 0.350 e. The lowest BCUT2D eigenvalue weighted by atomic mass is 10.1. The summed E-state index contributed by atoms with van der Waals surface area (Å²) >= 11 is 0. The molecule has 0 bridgehead atoms. The van der Waals surface area contributed by atoms with E-state index in [0.717, 1.165) is 21.5 Å². The number of aryl methyl sites for hydroxylation is 1. The molecule has 0 saturated carbocycles. The van der Waals surface area contributed by atoms with Crippen molar-refractivity contribution < 1.29 is 9.59 Å². The smallest absolute Gasteiger partial charge is 0.348 e. The first-order valence-corrected chi connectivity index (χ1v) is 10.2. The number of rotatable bonds is 6. The van der Waals surface area contributed by atoms with Crippen LogP contribution in [-0.4, -0.2) is 33.0 Å². The second-order valence-corrected chi connectivity index (χ2v) is 7.54. The van der Waals surface area contributed by atoms with Crippen LogP contribution < -0.4 is 15.9 Å². The monoisotopic (exact) mass is 429 g/mol. The Morgan fingerprint density at radius 2 is 1.72 bits per heavy atom. The summed E-state index contributed by atoms with van der Waals surface area (Å²) in [5, 5.41) is 7.07. The Labute approximate surface area is 184 Å². The van der Waals surface area contributed by atoms with E-state index in [9.17, 15) is 14.4 Å². The van der Waals surface area contributed by atoms with Crippen LogP contribution in [0.5, 0.6) is 0 Å². The van der Waals surface area contributed by atoms with Crippen molar-refractivity contribution in [2.45, 2.75) is 20.0 Å². The van der Waals surface area contributed by atoms with Crippen molar-refractivity contribution in [3.63, 3.8) is 0 Å². The maximum absolute atomic E-state index is 12.8. The van der Waals surface area contributed by atoms with E-state index in [-0.39, 0.29) is 18.4 Å². The number of carbonyl (C=O) groups is 2. The zero-order valence-electron chi connectivity index (χ0n) is 17.9. The lowest BCUT2D eigenvalue weighted by Crippen LogP contribution is -2.34. The molecule has 0 saturated heterocycles. The average molecular weight is 429 g/mol. The minimum Gasteiger partial charge on any atom is -0.348 e. The summed E-state index contributed by atoms with van der Waals surface area (Å²) in [6.45, 7) is 2.18. The summed E-state index contributed by atoms with van der Waals surface area (Å²) in [5.41, 5.74) is 3.07. The van der Waals surface area contributed by atoms with Crippen LogP contribution in [0.2, 0.25) is 0 Å². The zero-order chi connectivity index (χ0) is 22.7. The van der Waals surface area contributed by atoms with E-state index >= 15 is 0 Å². The van der Waals surface area contributed by atoms with Gasteiger partial charge in [0, 0.05) is 25.5 Å². The minimum atomic E-state index is -0.483. The second kappa shape index (κ2) is 8.89. The van der Waals surface area contributed by atoms with Crippen LogP contribution in [0.3, 0.4) is 0 Å². The third-order valence-electron chi connectivity index (χ3n) is 5.22. The number of hydrogen-bond acceptors (Lipinski definition) is 4. The highest BCUT2D eigenvalue weighted by Gasteiger charge is 2.16. The second-order valence-electron chi connectivity index (χ2n) is 7.54. The van der Waals surface area contributed by atoms with Gasteiger partial charge in [-0.2, -0.15) is 0 Å². The number of nitrogens with zero attached hydrogens (tertiary/aromatic N) is 4. The van der Waals surface area contributed by atoms with Gasteiger partial charge in [-0.05, 0) is 36.8 Å². The molecule has 4 aromatic rings. The van der Waals surface area contributed by atoms with Gasteiger partial charge >= 0.3 is 5.69 Å². The Morgan fingerprint density at radius 3 is 2.44 bits per heavy atom. The van der Waals surface area contributed by atoms with Gasteiger partial charge in [-0.3, -0.25) is 9.59 Å². The van der Waals surface area contributed by atoms with Crippen LogP contribution in [0.1, 0.15) is 21.5 Å². The first-order valence-electron chi connectivity index (χ1n) is 10.2. The quantitative estimate of drug-likeness (QED) is 0.510. The van der Waals surface area contributed by atoms with Crippen molar-refractivity contribution in [1.29, 1.82) is 0 Å². The van der Waals surface area contributed by atoms with Gasteiger partial charge in [0.2, 0.25) is 5.91 Å². The fourth-order valence-corrected chi connectivity index (χ4v) is 3.28. The number of para-hydroxylation sites is 1. The fourth-order valence-electron chi connectivity index (χ4n) is 3.28. The summed E-state index contributed by atoms with van der Waals surface area (Å²) in [6.07, 6.45) is 1.44. The summed E-state index contributed by atoms with van der Waals surface area (Å²) in [5.74, 6) is -0.579. The van der Waals surface area contributed by atoms with Gasteiger partial charge in [0.25, 0.3) is 5.91 Å². The molecule has 0 fully saturated rings. The summed E-state index contributed by atoms with van der Waals surface area (Å²) in [6, 6.07) is 20.2. The predicted octanol–water partition coefficient (Wildman–Crippen LogP) is 2.40. The normalized spacial score (nSPS) is 10.8. The summed E-state index contributed by atoms with van der Waals surface area (Å²) in [7, 11) is 1.65. The molecule has 8 heteroatoms. The van der Waals surface area contributed by atoms with E-state index in [4.69, 9.17) is 0 Å². The van der Waals surface area contributed by atoms with E-state index < -0.39 is 5.69 Å². The molecule has 0 aliphatic heterocycles. The number of carbonyl (C=O) groups excluding carboxylic acids is 2. The first kappa shape index (κ1) is 21.0. The molecule has 2 heterocycles. The molecule has 0 spiro atoms. The van der Waals surface area contributed by atoms with Crippen LogP contribution in [0.25, 0.3) is 5.65 Å². The SMILES string of the molecule is Cc1ccc(CNC(=O)c2ccc3nn(CC(=O)N(C)c4ccccc4)c(=O)n3c2)cc1. The van der Waals surface area contributed by atoms with Crippen molar-refractivity contribution in [2.24, 2.45) is 0 Å². The molecule has 2 aromatic heterocycles. The number of amides is 2. The van der Waals surface area contributed by atoms with Gasteiger partial charge in [-0.15, -0.1) is 5.10 Å². The lowest BCUT2D eigenvalue weighted by molar-refractivity contribution is -0.119. The number of fused-ring (bicyclic) bond motifs is 1. The van der Waals surface area contributed by atoms with Crippen molar-refractivity contribution in [2.75, 3.05) is 11.9 Å². The minimum absolute atomic E-state index is 0.207. The highest BCUT2D eigenvalue weighted by atomic mass is 16.2. The lowest BCUT2D eigenvalue weighted by Gasteiger charge is -2.16. The number of aromatic nitrogens is 3. The third-order valence-corrected chi connectivity index (χ3v) is 5.22. The highest BCUT2D eigenvalue weighted by Crippen LogP contribution is 2.11. The molecule has 0 aliphatic carbocycles. The molecule has 0 aliphatic rings. The van der Waals surface area contributed by atoms with Gasteiger partial charge < -0.3 is 10.2 Å². The molecule has 1 N–H and O–H groups in total. The Morgan fingerprint density at radius 1 is 1.00 bits per heavy atom. The molecule has 2 aromatic carbocycles. The number of pyridine rings is 1. The van der Waals surface area contributed by atoms with Crippen LogP contribution in [-0.2, 0) is 17.9 Å². The fraction of sp³-hybridized carbons (Fsp3) is 0.167. The Hall–Kier alpha value is -4.20. The number of anilines is 1. The van der Waals surface area contributed by atoms with E-state index in [2.05, 4.69) is 10.4 Å². The Bertz CT molecular complexity index is 1320. The number of likely N-dealkylation sites (N-methyl/N-ethyl adjacent to an activating group) is 1. The maximum Gasteiger partial charge on any atom is 0.350 e. The van der Waals surface area contributed by atoms with Gasteiger partial charge in [0.15, 0.2) is 5.65 Å². The zero-order valence-corrected chi connectivity index (χ0v) is 17.9. The Kier molecular flexibility index (Phi) is 5.85. The summed E-state index contributed by atoms with van der Waals surface area (Å²) in [4.78, 5) is 39.4. The number of hydrogen-bond donors (Lipinski definition) is 1. The molecule has 4 rings (SSSR count). The summed E-state index contributed by atoms with van der Waals surface area (Å²) < 4.78 is 2.38. The topological polar surface area (TPSA) is 88.7 Å². The van der Waals surface area contributed by atoms with Gasteiger partial charge in [-0.1, -0.05) is 48.0 Å². The molecule has 32 heavy (non-hydrogen) atoms. The van der Waals surface area contributed by atoms with Crippen LogP contribution >= 0.6 is 0 Å². The van der Waals surface area contributed by atoms with Crippen LogP contribution in [0.4, 0.5) is 5.69 Å². The van der Waals surface area contributed by atoms with Crippen LogP contribution in [0, 0.1) is 6.92 Å². The highest BCUT2D eigenvalue weighted by molar-refractivity contribution is 5.94. The van der Waals surface area contributed by atoms with Crippen LogP contribution in [0.15, 0.2) is 77.7 Å². The third kappa shape index (κ3) is 4.44. The maximum atomic E-state index is 12.8. The first-order chi connectivity index (χ1) is 15.4. The van der Waals surface area contributed by atoms with Crippen molar-refractivity contribution >= 4 is 23.1 Å². The van der Waals surface area contributed by atoms with Crippen molar-refractivity contribution in [3.05, 3.63) is 100 Å². The number of nitrogens with one attached hydrogen (secondary N) is 1. The molecular formula is C24H23N5O3. The molecular weight excluding hydrogens is 406 g/mol. The van der Waals surface area contributed by atoms with Crippen molar-refractivity contribution in [1.82, 2.24) is 19.5 Å². The van der Waals surface area contributed by atoms with E-state index in [1.165, 1.54) is 15.5 Å². The average Bonchev–Trinajstić information content (AvgIpc) is 3.13.